The fourth-order valence-electron chi connectivity index (χ4n) is 2.80. The Bertz CT molecular complexity index is 1130. The summed E-state index contributed by atoms with van der Waals surface area (Å²) in [5.74, 6) is 0.0197. The van der Waals surface area contributed by atoms with Gasteiger partial charge in [0.15, 0.2) is 0 Å². The average Bonchev–Trinajstić information content (AvgIpc) is 3.01. The highest BCUT2D eigenvalue weighted by Crippen LogP contribution is 2.14. The van der Waals surface area contributed by atoms with Gasteiger partial charge in [0.05, 0.1) is 22.1 Å². The van der Waals surface area contributed by atoms with Gasteiger partial charge in [0.2, 0.25) is 11.9 Å². The maximum atomic E-state index is 12.4. The number of anilines is 1. The molecule has 124 valence electrons. The fourth-order valence-corrected chi connectivity index (χ4v) is 2.80. The number of hydrogen-bond donors (Lipinski definition) is 2. The number of aromatic nitrogens is 4. The predicted octanol–water partition coefficient (Wildman–Crippen LogP) is 2.22. The van der Waals surface area contributed by atoms with Crippen molar-refractivity contribution in [3.8, 4) is 0 Å². The molecule has 0 aliphatic rings. The van der Waals surface area contributed by atoms with E-state index in [4.69, 9.17) is 0 Å². The summed E-state index contributed by atoms with van der Waals surface area (Å²) in [5.41, 5.74) is 2.98. The van der Waals surface area contributed by atoms with Crippen molar-refractivity contribution in [1.29, 1.82) is 0 Å². The van der Waals surface area contributed by atoms with Gasteiger partial charge in [-0.15, -0.1) is 0 Å². The number of H-pyrrole nitrogens is 1. The molecule has 2 heterocycles. The SMILES string of the molecule is Cc1nc2ccccc2n(CC(=O)Nc2nc3ccccc3[nH]2)c1=O. The van der Waals surface area contributed by atoms with Gasteiger partial charge >= 0.3 is 0 Å². The molecule has 0 aliphatic carbocycles. The maximum absolute atomic E-state index is 12.4. The van der Waals surface area contributed by atoms with Gasteiger partial charge < -0.3 is 4.98 Å². The summed E-state index contributed by atoms with van der Waals surface area (Å²) in [4.78, 5) is 36.4. The Morgan fingerprint density at radius 2 is 1.80 bits per heavy atom. The highest BCUT2D eigenvalue weighted by atomic mass is 16.2. The molecule has 0 saturated heterocycles. The Balaban J connectivity index is 1.65. The zero-order chi connectivity index (χ0) is 17.4. The lowest BCUT2D eigenvalue weighted by atomic mass is 10.2. The third-order valence-corrected chi connectivity index (χ3v) is 3.96. The smallest absolute Gasteiger partial charge is 0.272 e. The Morgan fingerprint density at radius 3 is 2.60 bits per heavy atom. The topological polar surface area (TPSA) is 92.7 Å². The van der Waals surface area contributed by atoms with Crippen molar-refractivity contribution in [3.05, 3.63) is 64.6 Å². The molecule has 0 radical (unpaired) electrons. The molecule has 7 heteroatoms. The summed E-state index contributed by atoms with van der Waals surface area (Å²) in [6.45, 7) is 1.53. The first-order chi connectivity index (χ1) is 12.1. The molecule has 2 aromatic carbocycles. The molecule has 2 aromatic heterocycles. The van der Waals surface area contributed by atoms with Crippen LogP contribution in [0.5, 0.6) is 0 Å². The predicted molar refractivity (Wildman–Crippen MR) is 95.5 cm³/mol. The van der Waals surface area contributed by atoms with Gasteiger partial charge in [-0.05, 0) is 31.2 Å². The summed E-state index contributed by atoms with van der Waals surface area (Å²) < 4.78 is 1.43. The van der Waals surface area contributed by atoms with Crippen LogP contribution in [0.4, 0.5) is 5.95 Å². The molecule has 7 nitrogen and oxygen atoms in total. The van der Waals surface area contributed by atoms with E-state index >= 15 is 0 Å². The molecule has 0 unspecified atom stereocenters. The largest absolute Gasteiger partial charge is 0.324 e. The molecule has 0 atom stereocenters. The van der Waals surface area contributed by atoms with Crippen LogP contribution in [-0.4, -0.2) is 25.4 Å². The second-order valence-electron chi connectivity index (χ2n) is 5.73. The van der Waals surface area contributed by atoms with Crippen LogP contribution in [-0.2, 0) is 11.3 Å². The lowest BCUT2D eigenvalue weighted by Gasteiger charge is -2.10. The average molecular weight is 333 g/mol. The Hall–Kier alpha value is -3.48. The highest BCUT2D eigenvalue weighted by molar-refractivity contribution is 5.91. The number of amides is 1. The number of nitrogens with zero attached hydrogens (tertiary/aromatic N) is 3. The van der Waals surface area contributed by atoms with Crippen LogP contribution < -0.4 is 10.9 Å². The van der Waals surface area contributed by atoms with Crippen LogP contribution >= 0.6 is 0 Å². The number of aryl methyl sites for hydroxylation is 1. The van der Waals surface area contributed by atoms with Crippen LogP contribution in [0.2, 0.25) is 0 Å². The van der Waals surface area contributed by atoms with E-state index in [1.54, 1.807) is 13.0 Å². The molecule has 0 fully saturated rings. The molecule has 2 N–H and O–H groups in total. The number of carbonyl (C=O) groups is 1. The van der Waals surface area contributed by atoms with Crippen molar-refractivity contribution in [3.63, 3.8) is 0 Å². The second-order valence-corrected chi connectivity index (χ2v) is 5.73. The highest BCUT2D eigenvalue weighted by Gasteiger charge is 2.13. The molecular formula is C18H15N5O2. The molecule has 1 amide bonds. The van der Waals surface area contributed by atoms with E-state index < -0.39 is 0 Å². The summed E-state index contributed by atoms with van der Waals surface area (Å²) in [7, 11) is 0. The van der Waals surface area contributed by atoms with E-state index in [2.05, 4.69) is 20.3 Å². The van der Waals surface area contributed by atoms with Gasteiger partial charge in [-0.2, -0.15) is 0 Å². The Labute approximate surface area is 142 Å². The monoisotopic (exact) mass is 333 g/mol. The molecule has 0 aliphatic heterocycles. The van der Waals surface area contributed by atoms with Crippen molar-refractivity contribution >= 4 is 33.9 Å². The number of rotatable bonds is 3. The fraction of sp³-hybridized carbons (Fsp3) is 0.111. The van der Waals surface area contributed by atoms with Crippen molar-refractivity contribution in [2.24, 2.45) is 0 Å². The number of hydrogen-bond acceptors (Lipinski definition) is 4. The molecule has 0 bridgehead atoms. The standard InChI is InChI=1S/C18H15N5O2/c1-11-17(25)23(15-9-5-4-8-14(15)19-11)10-16(24)22-18-20-12-6-2-3-7-13(12)21-18/h2-9H,10H2,1H3,(H2,20,21,22,24). The van der Waals surface area contributed by atoms with E-state index in [0.717, 1.165) is 11.0 Å². The van der Waals surface area contributed by atoms with E-state index in [-0.39, 0.29) is 18.0 Å². The number of fused-ring (bicyclic) bond motifs is 2. The number of para-hydroxylation sites is 4. The van der Waals surface area contributed by atoms with Crippen molar-refractivity contribution < 1.29 is 4.79 Å². The van der Waals surface area contributed by atoms with Crippen LogP contribution in [0.25, 0.3) is 22.1 Å². The van der Waals surface area contributed by atoms with Crippen molar-refractivity contribution in [2.75, 3.05) is 5.32 Å². The maximum Gasteiger partial charge on any atom is 0.272 e. The van der Waals surface area contributed by atoms with Gasteiger partial charge in [0.25, 0.3) is 5.56 Å². The summed E-state index contributed by atoms with van der Waals surface area (Å²) >= 11 is 0. The van der Waals surface area contributed by atoms with Crippen LogP contribution in [0, 0.1) is 6.92 Å². The van der Waals surface area contributed by atoms with Gasteiger partial charge in [0, 0.05) is 0 Å². The Kier molecular flexibility index (Phi) is 3.53. The minimum Gasteiger partial charge on any atom is -0.324 e. The van der Waals surface area contributed by atoms with Gasteiger partial charge in [0.1, 0.15) is 12.2 Å². The van der Waals surface area contributed by atoms with Gasteiger partial charge in [-0.1, -0.05) is 24.3 Å². The van der Waals surface area contributed by atoms with E-state index in [1.807, 2.05) is 42.5 Å². The van der Waals surface area contributed by atoms with Crippen molar-refractivity contribution in [2.45, 2.75) is 13.5 Å². The zero-order valence-electron chi connectivity index (χ0n) is 13.5. The first-order valence-corrected chi connectivity index (χ1v) is 7.82. The molecule has 25 heavy (non-hydrogen) atoms. The van der Waals surface area contributed by atoms with Gasteiger partial charge in [-0.3, -0.25) is 19.5 Å². The molecule has 4 aromatic rings. The minimum atomic E-state index is -0.336. The summed E-state index contributed by atoms with van der Waals surface area (Å²) in [6, 6.07) is 14.7. The number of carbonyl (C=O) groups excluding carboxylic acids is 1. The number of benzene rings is 2. The third kappa shape index (κ3) is 2.76. The van der Waals surface area contributed by atoms with E-state index in [1.165, 1.54) is 4.57 Å². The second kappa shape index (κ2) is 5.86. The quantitative estimate of drug-likeness (QED) is 0.601. The van der Waals surface area contributed by atoms with Crippen LogP contribution in [0.15, 0.2) is 53.3 Å². The number of nitrogens with one attached hydrogen (secondary N) is 2. The normalized spacial score (nSPS) is 11.1. The summed E-state index contributed by atoms with van der Waals surface area (Å²) in [5, 5.41) is 2.71. The first kappa shape index (κ1) is 15.1. The Morgan fingerprint density at radius 1 is 1.08 bits per heavy atom. The van der Waals surface area contributed by atoms with E-state index in [0.29, 0.717) is 22.7 Å². The van der Waals surface area contributed by atoms with Gasteiger partial charge in [-0.25, -0.2) is 9.97 Å². The van der Waals surface area contributed by atoms with Crippen LogP contribution in [0.1, 0.15) is 5.69 Å². The lowest BCUT2D eigenvalue weighted by molar-refractivity contribution is -0.116. The number of imidazole rings is 1. The number of aromatic amines is 1. The zero-order valence-corrected chi connectivity index (χ0v) is 13.5. The molecule has 4 rings (SSSR count). The first-order valence-electron chi connectivity index (χ1n) is 7.82. The van der Waals surface area contributed by atoms with E-state index in [9.17, 15) is 9.59 Å². The summed E-state index contributed by atoms with van der Waals surface area (Å²) in [6.07, 6.45) is 0. The van der Waals surface area contributed by atoms with Crippen molar-refractivity contribution in [1.82, 2.24) is 19.5 Å². The third-order valence-electron chi connectivity index (χ3n) is 3.96. The minimum absolute atomic E-state index is 0.111. The lowest BCUT2D eigenvalue weighted by Crippen LogP contribution is -2.30. The molecule has 0 spiro atoms. The van der Waals surface area contributed by atoms with Crippen LogP contribution in [0.3, 0.4) is 0 Å². The molecule has 0 saturated carbocycles. The molecular weight excluding hydrogens is 318 g/mol.